The maximum atomic E-state index is 5.42. The standard InChI is InChI=1S/C11H24N2/c12-8-3-4-9-13-10-7-11-5-1-2-6-11/h11,13H,1-10,12H2. The van der Waals surface area contributed by atoms with Gasteiger partial charge in [0, 0.05) is 0 Å². The molecule has 0 bridgehead atoms. The molecule has 0 aromatic heterocycles. The second-order valence-electron chi connectivity index (χ2n) is 4.18. The van der Waals surface area contributed by atoms with Crippen LogP contribution in [0.3, 0.4) is 0 Å². The Kier molecular flexibility index (Phi) is 6.21. The van der Waals surface area contributed by atoms with Gasteiger partial charge in [0.05, 0.1) is 0 Å². The highest BCUT2D eigenvalue weighted by atomic mass is 14.8. The summed E-state index contributed by atoms with van der Waals surface area (Å²) in [4.78, 5) is 0. The van der Waals surface area contributed by atoms with E-state index in [1.807, 2.05) is 0 Å². The Morgan fingerprint density at radius 3 is 2.54 bits per heavy atom. The van der Waals surface area contributed by atoms with Crippen molar-refractivity contribution in [3.8, 4) is 0 Å². The lowest BCUT2D eigenvalue weighted by molar-refractivity contribution is 0.474. The summed E-state index contributed by atoms with van der Waals surface area (Å²) in [5, 5.41) is 3.49. The molecule has 13 heavy (non-hydrogen) atoms. The highest BCUT2D eigenvalue weighted by Gasteiger charge is 2.13. The third-order valence-electron chi connectivity index (χ3n) is 3.01. The van der Waals surface area contributed by atoms with E-state index < -0.39 is 0 Å². The van der Waals surface area contributed by atoms with E-state index in [0.29, 0.717) is 0 Å². The number of nitrogens with two attached hydrogens (primary N) is 1. The minimum absolute atomic E-state index is 0.838. The Labute approximate surface area is 82.3 Å². The van der Waals surface area contributed by atoms with Gasteiger partial charge in [-0.2, -0.15) is 0 Å². The van der Waals surface area contributed by atoms with Crippen molar-refractivity contribution < 1.29 is 0 Å². The van der Waals surface area contributed by atoms with Gasteiger partial charge < -0.3 is 11.1 Å². The lowest BCUT2D eigenvalue weighted by Crippen LogP contribution is -2.19. The summed E-state index contributed by atoms with van der Waals surface area (Å²) < 4.78 is 0. The number of hydrogen-bond acceptors (Lipinski definition) is 2. The first-order chi connectivity index (χ1) is 6.43. The van der Waals surface area contributed by atoms with Crippen molar-refractivity contribution in [2.45, 2.75) is 44.9 Å². The van der Waals surface area contributed by atoms with E-state index in [0.717, 1.165) is 25.4 Å². The molecule has 0 heterocycles. The van der Waals surface area contributed by atoms with Crippen molar-refractivity contribution in [3.63, 3.8) is 0 Å². The van der Waals surface area contributed by atoms with E-state index >= 15 is 0 Å². The molecule has 0 aromatic carbocycles. The SMILES string of the molecule is NCCCCNCCC1CCCC1. The van der Waals surface area contributed by atoms with E-state index in [9.17, 15) is 0 Å². The molecule has 0 radical (unpaired) electrons. The molecule has 1 aliphatic carbocycles. The average molecular weight is 184 g/mol. The first-order valence-corrected chi connectivity index (χ1v) is 5.84. The Morgan fingerprint density at radius 2 is 1.85 bits per heavy atom. The molecule has 1 aliphatic rings. The zero-order chi connectivity index (χ0) is 9.36. The van der Waals surface area contributed by atoms with Crippen LogP contribution in [0.2, 0.25) is 0 Å². The van der Waals surface area contributed by atoms with Crippen LogP contribution in [-0.4, -0.2) is 19.6 Å². The molecule has 78 valence electrons. The van der Waals surface area contributed by atoms with Crippen molar-refractivity contribution in [3.05, 3.63) is 0 Å². The summed E-state index contributed by atoms with van der Waals surface area (Å²) >= 11 is 0. The minimum atomic E-state index is 0.838. The van der Waals surface area contributed by atoms with Crippen LogP contribution in [0, 0.1) is 5.92 Å². The van der Waals surface area contributed by atoms with Crippen LogP contribution >= 0.6 is 0 Å². The second-order valence-corrected chi connectivity index (χ2v) is 4.18. The van der Waals surface area contributed by atoms with Gasteiger partial charge >= 0.3 is 0 Å². The smallest absolute Gasteiger partial charge is 0.00463 e. The van der Waals surface area contributed by atoms with Gasteiger partial charge in [-0.25, -0.2) is 0 Å². The monoisotopic (exact) mass is 184 g/mol. The van der Waals surface area contributed by atoms with Crippen LogP contribution in [0.1, 0.15) is 44.9 Å². The van der Waals surface area contributed by atoms with Crippen LogP contribution < -0.4 is 11.1 Å². The van der Waals surface area contributed by atoms with Gasteiger partial charge in [0.1, 0.15) is 0 Å². The van der Waals surface area contributed by atoms with Crippen LogP contribution in [-0.2, 0) is 0 Å². The molecule has 2 nitrogen and oxygen atoms in total. The first kappa shape index (κ1) is 11.0. The lowest BCUT2D eigenvalue weighted by atomic mass is 10.0. The third-order valence-corrected chi connectivity index (χ3v) is 3.01. The predicted molar refractivity (Wildman–Crippen MR) is 57.7 cm³/mol. The van der Waals surface area contributed by atoms with Gasteiger partial charge in [-0.3, -0.25) is 0 Å². The van der Waals surface area contributed by atoms with Crippen molar-refractivity contribution in [2.24, 2.45) is 11.7 Å². The predicted octanol–water partition coefficient (Wildman–Crippen LogP) is 1.90. The number of hydrogen-bond donors (Lipinski definition) is 2. The van der Waals surface area contributed by atoms with E-state index in [2.05, 4.69) is 5.32 Å². The van der Waals surface area contributed by atoms with Crippen molar-refractivity contribution >= 4 is 0 Å². The van der Waals surface area contributed by atoms with Crippen molar-refractivity contribution in [2.75, 3.05) is 19.6 Å². The largest absolute Gasteiger partial charge is 0.330 e. The van der Waals surface area contributed by atoms with Gasteiger partial charge in [0.15, 0.2) is 0 Å². The summed E-state index contributed by atoms with van der Waals surface area (Å²) in [5.74, 6) is 1.03. The molecule has 0 saturated heterocycles. The molecule has 0 aliphatic heterocycles. The molecule has 0 aromatic rings. The topological polar surface area (TPSA) is 38.0 Å². The summed E-state index contributed by atoms with van der Waals surface area (Å²) in [6.07, 6.45) is 9.69. The zero-order valence-electron chi connectivity index (χ0n) is 8.73. The summed E-state index contributed by atoms with van der Waals surface area (Å²) in [6.45, 7) is 3.21. The molecule has 3 N–H and O–H groups in total. The summed E-state index contributed by atoms with van der Waals surface area (Å²) in [7, 11) is 0. The zero-order valence-corrected chi connectivity index (χ0v) is 8.73. The molecule has 0 unspecified atom stereocenters. The first-order valence-electron chi connectivity index (χ1n) is 5.84. The minimum Gasteiger partial charge on any atom is -0.330 e. The van der Waals surface area contributed by atoms with Crippen LogP contribution in [0.25, 0.3) is 0 Å². The lowest BCUT2D eigenvalue weighted by Gasteiger charge is -2.09. The van der Waals surface area contributed by atoms with E-state index in [4.69, 9.17) is 5.73 Å². The molecule has 0 amide bonds. The number of nitrogens with one attached hydrogen (secondary N) is 1. The highest BCUT2D eigenvalue weighted by molar-refractivity contribution is 4.68. The molecule has 0 spiro atoms. The van der Waals surface area contributed by atoms with E-state index in [1.165, 1.54) is 45.1 Å². The fraction of sp³-hybridized carbons (Fsp3) is 1.00. The van der Waals surface area contributed by atoms with Crippen molar-refractivity contribution in [1.29, 1.82) is 0 Å². The maximum Gasteiger partial charge on any atom is -0.00463 e. The Hall–Kier alpha value is -0.0800. The van der Waals surface area contributed by atoms with Gasteiger partial charge in [0.2, 0.25) is 0 Å². The maximum absolute atomic E-state index is 5.42. The molecule has 2 heteroatoms. The Balaban J connectivity index is 1.78. The molecule has 1 fully saturated rings. The third kappa shape index (κ3) is 5.27. The highest BCUT2D eigenvalue weighted by Crippen LogP contribution is 2.26. The van der Waals surface area contributed by atoms with Gasteiger partial charge in [-0.15, -0.1) is 0 Å². The van der Waals surface area contributed by atoms with Crippen LogP contribution in [0.5, 0.6) is 0 Å². The van der Waals surface area contributed by atoms with Crippen molar-refractivity contribution in [1.82, 2.24) is 5.32 Å². The Morgan fingerprint density at radius 1 is 1.08 bits per heavy atom. The van der Waals surface area contributed by atoms with Crippen LogP contribution in [0.15, 0.2) is 0 Å². The average Bonchev–Trinajstić information content (AvgIpc) is 2.63. The normalized spacial score (nSPS) is 18.2. The van der Waals surface area contributed by atoms with Crippen LogP contribution in [0.4, 0.5) is 0 Å². The molecule has 1 saturated carbocycles. The summed E-state index contributed by atoms with van der Waals surface area (Å²) in [5.41, 5.74) is 5.42. The molecular weight excluding hydrogens is 160 g/mol. The fourth-order valence-corrected chi connectivity index (χ4v) is 2.12. The van der Waals surface area contributed by atoms with E-state index in [-0.39, 0.29) is 0 Å². The number of rotatable bonds is 7. The molecule has 1 rings (SSSR count). The van der Waals surface area contributed by atoms with E-state index in [1.54, 1.807) is 0 Å². The Bertz CT molecular complexity index is 109. The molecular formula is C11H24N2. The molecule has 0 atom stereocenters. The quantitative estimate of drug-likeness (QED) is 0.593. The van der Waals surface area contributed by atoms with Gasteiger partial charge in [-0.05, 0) is 44.8 Å². The van der Waals surface area contributed by atoms with Gasteiger partial charge in [-0.1, -0.05) is 25.7 Å². The number of unbranched alkanes of at least 4 members (excludes halogenated alkanes) is 1. The fourth-order valence-electron chi connectivity index (χ4n) is 2.12. The van der Waals surface area contributed by atoms with Gasteiger partial charge in [0.25, 0.3) is 0 Å². The second kappa shape index (κ2) is 7.34. The summed E-state index contributed by atoms with van der Waals surface area (Å²) in [6, 6.07) is 0.